The summed E-state index contributed by atoms with van der Waals surface area (Å²) in [5, 5.41) is 8.48. The summed E-state index contributed by atoms with van der Waals surface area (Å²) in [7, 11) is 0. The summed E-state index contributed by atoms with van der Waals surface area (Å²) in [6.45, 7) is 0. The van der Waals surface area contributed by atoms with Crippen LogP contribution in [-0.2, 0) is 0 Å². The maximum absolute atomic E-state index is 6.35. The normalized spacial score (nSPS) is 12.3. The zero-order valence-corrected chi connectivity index (χ0v) is 12.9. The second-order valence-electron chi connectivity index (χ2n) is 4.34. The van der Waals surface area contributed by atoms with Gasteiger partial charge in [-0.15, -0.1) is 21.8 Å². The molecule has 0 spiro atoms. The summed E-state index contributed by atoms with van der Waals surface area (Å²) in [5.74, 6) is 0.636. The highest BCUT2D eigenvalue weighted by Gasteiger charge is 2.19. The van der Waals surface area contributed by atoms with Gasteiger partial charge in [-0.3, -0.25) is 0 Å². The van der Waals surface area contributed by atoms with Crippen molar-refractivity contribution < 1.29 is 4.42 Å². The SMILES string of the molecule is Clc1ccc(-c2nnc(C(Cl)c3ccccc3)o2)c(Cl)c1. The monoisotopic (exact) mass is 338 g/mol. The summed E-state index contributed by atoms with van der Waals surface area (Å²) in [5.41, 5.74) is 1.51. The first-order valence-corrected chi connectivity index (χ1v) is 7.32. The van der Waals surface area contributed by atoms with Gasteiger partial charge < -0.3 is 4.42 Å². The number of alkyl halides is 1. The minimum absolute atomic E-state index is 0.313. The molecule has 0 amide bonds. The average molecular weight is 340 g/mol. The van der Waals surface area contributed by atoms with Crippen molar-refractivity contribution >= 4 is 34.8 Å². The summed E-state index contributed by atoms with van der Waals surface area (Å²) in [6, 6.07) is 14.6. The number of aromatic nitrogens is 2. The van der Waals surface area contributed by atoms with Crippen LogP contribution in [0.25, 0.3) is 11.5 Å². The molecule has 1 unspecified atom stereocenters. The zero-order valence-electron chi connectivity index (χ0n) is 10.6. The number of rotatable bonds is 3. The van der Waals surface area contributed by atoms with E-state index in [9.17, 15) is 0 Å². The fraction of sp³-hybridized carbons (Fsp3) is 0.0667. The van der Waals surface area contributed by atoms with E-state index in [1.807, 2.05) is 30.3 Å². The summed E-state index contributed by atoms with van der Waals surface area (Å²) in [6.07, 6.45) is 0. The topological polar surface area (TPSA) is 38.9 Å². The maximum atomic E-state index is 6.35. The molecule has 3 aromatic rings. The maximum Gasteiger partial charge on any atom is 0.249 e. The van der Waals surface area contributed by atoms with E-state index in [2.05, 4.69) is 10.2 Å². The molecular weight excluding hydrogens is 331 g/mol. The molecule has 1 aromatic heterocycles. The van der Waals surface area contributed by atoms with Crippen LogP contribution in [0.15, 0.2) is 52.9 Å². The third kappa shape index (κ3) is 3.05. The van der Waals surface area contributed by atoms with Crippen molar-refractivity contribution in [2.75, 3.05) is 0 Å². The largest absolute Gasteiger partial charge is 0.419 e. The minimum atomic E-state index is -0.501. The van der Waals surface area contributed by atoms with Gasteiger partial charge in [0.1, 0.15) is 5.38 Å². The van der Waals surface area contributed by atoms with Crippen molar-refractivity contribution in [1.82, 2.24) is 10.2 Å². The van der Waals surface area contributed by atoms with Gasteiger partial charge in [0.05, 0.1) is 10.6 Å². The smallest absolute Gasteiger partial charge is 0.249 e. The molecule has 0 saturated carbocycles. The Kier molecular flexibility index (Phi) is 4.15. The van der Waals surface area contributed by atoms with Crippen molar-refractivity contribution in [2.45, 2.75) is 5.38 Å². The molecule has 0 fully saturated rings. The van der Waals surface area contributed by atoms with E-state index in [0.717, 1.165) is 5.56 Å². The fourth-order valence-electron chi connectivity index (χ4n) is 1.87. The molecule has 0 aliphatic rings. The van der Waals surface area contributed by atoms with Crippen molar-refractivity contribution in [2.24, 2.45) is 0 Å². The molecule has 3 rings (SSSR count). The summed E-state index contributed by atoms with van der Waals surface area (Å²) >= 11 is 18.3. The highest BCUT2D eigenvalue weighted by atomic mass is 35.5. The molecule has 0 aliphatic heterocycles. The molecule has 1 atom stereocenters. The Morgan fingerprint density at radius 2 is 1.71 bits per heavy atom. The predicted octanol–water partition coefficient (Wildman–Crippen LogP) is 5.37. The summed E-state index contributed by atoms with van der Waals surface area (Å²) < 4.78 is 5.62. The number of hydrogen-bond acceptors (Lipinski definition) is 3. The van der Waals surface area contributed by atoms with Gasteiger partial charge in [-0.05, 0) is 23.8 Å². The number of benzene rings is 2. The van der Waals surface area contributed by atoms with Crippen molar-refractivity contribution in [3.63, 3.8) is 0 Å². The standard InChI is InChI=1S/C15H9Cl3N2O/c16-10-6-7-11(12(17)8-10)14-19-20-15(21-14)13(18)9-4-2-1-3-5-9/h1-8,13H. The van der Waals surface area contributed by atoms with Crippen molar-refractivity contribution in [1.29, 1.82) is 0 Å². The third-order valence-corrected chi connectivity index (χ3v) is 3.90. The van der Waals surface area contributed by atoms with Gasteiger partial charge >= 0.3 is 0 Å². The molecule has 0 aliphatic carbocycles. The number of halogens is 3. The molecule has 0 bridgehead atoms. The van der Waals surface area contributed by atoms with Crippen LogP contribution >= 0.6 is 34.8 Å². The molecule has 0 saturated heterocycles. The second kappa shape index (κ2) is 6.06. The van der Waals surface area contributed by atoms with Crippen LogP contribution in [0, 0.1) is 0 Å². The highest BCUT2D eigenvalue weighted by Crippen LogP contribution is 2.33. The molecule has 0 N–H and O–H groups in total. The Morgan fingerprint density at radius 3 is 2.43 bits per heavy atom. The van der Waals surface area contributed by atoms with E-state index in [1.165, 1.54) is 0 Å². The Morgan fingerprint density at radius 1 is 0.952 bits per heavy atom. The lowest BCUT2D eigenvalue weighted by Crippen LogP contribution is -1.92. The van der Waals surface area contributed by atoms with E-state index in [-0.39, 0.29) is 0 Å². The van der Waals surface area contributed by atoms with E-state index < -0.39 is 5.38 Å². The first-order valence-electron chi connectivity index (χ1n) is 6.13. The van der Waals surface area contributed by atoms with Crippen molar-refractivity contribution in [3.8, 4) is 11.5 Å². The molecule has 106 valence electrons. The van der Waals surface area contributed by atoms with Crippen LogP contribution in [-0.4, -0.2) is 10.2 Å². The van der Waals surface area contributed by atoms with Gasteiger partial charge in [0.2, 0.25) is 11.8 Å². The first kappa shape index (κ1) is 14.4. The summed E-state index contributed by atoms with van der Waals surface area (Å²) in [4.78, 5) is 0. The van der Waals surface area contributed by atoms with Crippen LogP contribution in [0.5, 0.6) is 0 Å². The molecule has 3 nitrogen and oxygen atoms in total. The molecular formula is C15H9Cl3N2O. The van der Waals surface area contributed by atoms with Crippen LogP contribution in [0.3, 0.4) is 0 Å². The van der Waals surface area contributed by atoms with E-state index in [1.54, 1.807) is 18.2 Å². The Labute approximate surface area is 136 Å². The first-order chi connectivity index (χ1) is 10.1. The number of hydrogen-bond donors (Lipinski definition) is 0. The Hall–Kier alpha value is -1.55. The van der Waals surface area contributed by atoms with Gasteiger partial charge in [-0.1, -0.05) is 53.5 Å². The molecule has 6 heteroatoms. The third-order valence-electron chi connectivity index (χ3n) is 2.91. The van der Waals surface area contributed by atoms with Crippen LogP contribution < -0.4 is 0 Å². The zero-order chi connectivity index (χ0) is 14.8. The Bertz CT molecular complexity index is 759. The molecule has 2 aromatic carbocycles. The van der Waals surface area contributed by atoms with Crippen molar-refractivity contribution in [3.05, 3.63) is 70.0 Å². The van der Waals surface area contributed by atoms with E-state index >= 15 is 0 Å². The average Bonchev–Trinajstić information content (AvgIpc) is 2.97. The van der Waals surface area contributed by atoms with Gasteiger partial charge in [0.25, 0.3) is 0 Å². The van der Waals surface area contributed by atoms with Crippen LogP contribution in [0.2, 0.25) is 10.0 Å². The lowest BCUT2D eigenvalue weighted by Gasteiger charge is -2.04. The highest BCUT2D eigenvalue weighted by molar-refractivity contribution is 6.36. The van der Waals surface area contributed by atoms with E-state index in [0.29, 0.717) is 27.4 Å². The molecule has 21 heavy (non-hydrogen) atoms. The Balaban J connectivity index is 1.93. The fourth-order valence-corrected chi connectivity index (χ4v) is 2.60. The number of nitrogens with zero attached hydrogens (tertiary/aromatic N) is 2. The quantitative estimate of drug-likeness (QED) is 0.602. The second-order valence-corrected chi connectivity index (χ2v) is 5.62. The van der Waals surface area contributed by atoms with Gasteiger partial charge in [0, 0.05) is 5.02 Å². The van der Waals surface area contributed by atoms with Crippen LogP contribution in [0.4, 0.5) is 0 Å². The van der Waals surface area contributed by atoms with Gasteiger partial charge in [0.15, 0.2) is 0 Å². The molecule has 1 heterocycles. The van der Waals surface area contributed by atoms with E-state index in [4.69, 9.17) is 39.2 Å². The lowest BCUT2D eigenvalue weighted by molar-refractivity contribution is 0.513. The van der Waals surface area contributed by atoms with Gasteiger partial charge in [-0.25, -0.2) is 0 Å². The van der Waals surface area contributed by atoms with Crippen LogP contribution in [0.1, 0.15) is 16.8 Å². The van der Waals surface area contributed by atoms with Gasteiger partial charge in [-0.2, -0.15) is 0 Å². The predicted molar refractivity (Wildman–Crippen MR) is 83.9 cm³/mol. The molecule has 0 radical (unpaired) electrons. The lowest BCUT2D eigenvalue weighted by atomic mass is 10.1. The minimum Gasteiger partial charge on any atom is -0.419 e.